The summed E-state index contributed by atoms with van der Waals surface area (Å²) in [5.74, 6) is -0.118. The van der Waals surface area contributed by atoms with E-state index in [1.54, 1.807) is 4.90 Å². The summed E-state index contributed by atoms with van der Waals surface area (Å²) in [6, 6.07) is 15.3. The van der Waals surface area contributed by atoms with Gasteiger partial charge in [0.1, 0.15) is 5.69 Å². The molecule has 0 spiro atoms. The second-order valence-corrected chi connectivity index (χ2v) is 7.15. The Labute approximate surface area is 159 Å². The van der Waals surface area contributed by atoms with Gasteiger partial charge in [0, 0.05) is 30.9 Å². The van der Waals surface area contributed by atoms with Gasteiger partial charge in [0.15, 0.2) is 0 Å². The first-order chi connectivity index (χ1) is 12.6. The number of nitrogens with one attached hydrogen (secondary N) is 1. The maximum atomic E-state index is 13.0. The van der Waals surface area contributed by atoms with Gasteiger partial charge in [-0.3, -0.25) is 9.59 Å². The number of carbonyl (C=O) groups excluding carboxylic acids is 2. The van der Waals surface area contributed by atoms with Gasteiger partial charge in [-0.1, -0.05) is 30.3 Å². The molecule has 1 saturated heterocycles. The number of halogens is 1. The van der Waals surface area contributed by atoms with Gasteiger partial charge in [0.25, 0.3) is 5.91 Å². The number of amides is 2. The van der Waals surface area contributed by atoms with Crippen molar-refractivity contribution in [3.8, 4) is 0 Å². The third kappa shape index (κ3) is 2.70. The first-order valence-corrected chi connectivity index (χ1v) is 9.31. The van der Waals surface area contributed by atoms with Crippen LogP contribution in [0.15, 0.2) is 53.0 Å². The summed E-state index contributed by atoms with van der Waals surface area (Å²) in [7, 11) is 1.87. The van der Waals surface area contributed by atoms with Gasteiger partial charge in [-0.15, -0.1) is 0 Å². The molecule has 0 unspecified atom stereocenters. The lowest BCUT2D eigenvalue weighted by atomic mass is 10.2. The van der Waals surface area contributed by atoms with Gasteiger partial charge in [-0.25, -0.2) is 0 Å². The van der Waals surface area contributed by atoms with Gasteiger partial charge >= 0.3 is 0 Å². The van der Waals surface area contributed by atoms with E-state index in [9.17, 15) is 9.59 Å². The van der Waals surface area contributed by atoms with Crippen molar-refractivity contribution in [2.75, 3.05) is 16.8 Å². The highest BCUT2D eigenvalue weighted by molar-refractivity contribution is 9.10. The monoisotopic (exact) mass is 411 g/mol. The quantitative estimate of drug-likeness (QED) is 0.697. The molecule has 1 aliphatic heterocycles. The predicted molar refractivity (Wildman–Crippen MR) is 107 cm³/mol. The van der Waals surface area contributed by atoms with Crippen LogP contribution in [0.25, 0.3) is 10.9 Å². The highest BCUT2D eigenvalue weighted by Gasteiger charge is 2.25. The van der Waals surface area contributed by atoms with Gasteiger partial charge in [-0.05, 0) is 40.5 Å². The standard InChI is InChI=1S/C20H18BrN3O2/c1-23-15-9-4-2-7-13(15)18(21)19(23)20(26)22-14-8-3-5-10-16(14)24-12-6-11-17(24)25/h2-5,7-10H,6,11-12H2,1H3,(H,22,26). The summed E-state index contributed by atoms with van der Waals surface area (Å²) >= 11 is 3.56. The van der Waals surface area contributed by atoms with E-state index < -0.39 is 0 Å². The SMILES string of the molecule is Cn1c(C(=O)Nc2ccccc2N2CCCC2=O)c(Br)c2ccccc21. The summed E-state index contributed by atoms with van der Waals surface area (Å²) in [5.41, 5.74) is 2.92. The fourth-order valence-electron chi connectivity index (χ4n) is 3.50. The molecule has 1 aliphatic rings. The highest BCUT2D eigenvalue weighted by atomic mass is 79.9. The summed E-state index contributed by atoms with van der Waals surface area (Å²) in [5, 5.41) is 3.97. The lowest BCUT2D eigenvalue weighted by Gasteiger charge is -2.20. The van der Waals surface area contributed by atoms with Crippen molar-refractivity contribution in [1.29, 1.82) is 0 Å². The molecule has 0 saturated carbocycles. The molecule has 2 heterocycles. The summed E-state index contributed by atoms with van der Waals surface area (Å²) < 4.78 is 2.64. The van der Waals surface area contributed by atoms with Crippen molar-refractivity contribution in [1.82, 2.24) is 4.57 Å². The Morgan fingerprint density at radius 2 is 1.85 bits per heavy atom. The Morgan fingerprint density at radius 1 is 1.12 bits per heavy atom. The van der Waals surface area contributed by atoms with E-state index in [1.165, 1.54) is 0 Å². The number of anilines is 2. The Kier molecular flexibility index (Phi) is 4.28. The van der Waals surface area contributed by atoms with Gasteiger partial charge < -0.3 is 14.8 Å². The number of carbonyl (C=O) groups is 2. The van der Waals surface area contributed by atoms with E-state index in [0.717, 1.165) is 27.5 Å². The average Bonchev–Trinajstić information content (AvgIpc) is 3.18. The van der Waals surface area contributed by atoms with Crippen LogP contribution >= 0.6 is 15.9 Å². The largest absolute Gasteiger partial charge is 0.339 e. The molecule has 3 aromatic rings. The smallest absolute Gasteiger partial charge is 0.273 e. The molecule has 0 radical (unpaired) electrons. The molecule has 6 heteroatoms. The van der Waals surface area contributed by atoms with Crippen molar-refractivity contribution in [3.05, 3.63) is 58.7 Å². The fraction of sp³-hybridized carbons (Fsp3) is 0.200. The van der Waals surface area contributed by atoms with Crippen LogP contribution in [0.2, 0.25) is 0 Å². The molecule has 2 aromatic carbocycles. The minimum Gasteiger partial charge on any atom is -0.339 e. The number of hydrogen-bond donors (Lipinski definition) is 1. The molecule has 1 aromatic heterocycles. The fourth-order valence-corrected chi connectivity index (χ4v) is 4.28. The first kappa shape index (κ1) is 16.8. The van der Waals surface area contributed by atoms with E-state index >= 15 is 0 Å². The van der Waals surface area contributed by atoms with Crippen molar-refractivity contribution in [2.45, 2.75) is 12.8 Å². The number of benzene rings is 2. The predicted octanol–water partition coefficient (Wildman–Crippen LogP) is 4.32. The van der Waals surface area contributed by atoms with Gasteiger partial charge in [0.05, 0.1) is 15.8 Å². The molecule has 1 N–H and O–H groups in total. The van der Waals surface area contributed by atoms with E-state index in [1.807, 2.05) is 60.1 Å². The Bertz CT molecular complexity index is 986. The third-order valence-electron chi connectivity index (χ3n) is 4.78. The Hall–Kier alpha value is -2.60. The maximum Gasteiger partial charge on any atom is 0.273 e. The van der Waals surface area contributed by atoms with Gasteiger partial charge in [0.2, 0.25) is 5.91 Å². The molecule has 4 rings (SSSR count). The zero-order valence-electron chi connectivity index (χ0n) is 14.3. The normalized spacial score (nSPS) is 14.2. The summed E-state index contributed by atoms with van der Waals surface area (Å²) in [6.45, 7) is 0.684. The lowest BCUT2D eigenvalue weighted by Crippen LogP contribution is -2.26. The molecule has 1 fully saturated rings. The van der Waals surface area contributed by atoms with Crippen molar-refractivity contribution in [3.63, 3.8) is 0 Å². The first-order valence-electron chi connectivity index (χ1n) is 8.51. The van der Waals surface area contributed by atoms with Crippen LogP contribution in [-0.2, 0) is 11.8 Å². The van der Waals surface area contributed by atoms with Crippen molar-refractivity contribution < 1.29 is 9.59 Å². The average molecular weight is 412 g/mol. The minimum absolute atomic E-state index is 0.0949. The number of fused-ring (bicyclic) bond motifs is 1. The Morgan fingerprint density at radius 3 is 2.58 bits per heavy atom. The van der Waals surface area contributed by atoms with Gasteiger partial charge in [-0.2, -0.15) is 0 Å². The molecule has 5 nitrogen and oxygen atoms in total. The second kappa shape index (κ2) is 6.61. The number of para-hydroxylation sites is 3. The molecular formula is C20H18BrN3O2. The number of aromatic nitrogens is 1. The molecule has 0 aliphatic carbocycles. The van der Waals surface area contributed by atoms with Crippen LogP contribution in [0.3, 0.4) is 0 Å². The number of aryl methyl sites for hydroxylation is 1. The zero-order valence-corrected chi connectivity index (χ0v) is 15.9. The number of hydrogen-bond acceptors (Lipinski definition) is 2. The minimum atomic E-state index is -0.213. The molecular weight excluding hydrogens is 394 g/mol. The van der Waals surface area contributed by atoms with Crippen LogP contribution in [0, 0.1) is 0 Å². The lowest BCUT2D eigenvalue weighted by molar-refractivity contribution is -0.117. The summed E-state index contributed by atoms with van der Waals surface area (Å²) in [4.78, 5) is 26.9. The van der Waals surface area contributed by atoms with Crippen molar-refractivity contribution in [2.24, 2.45) is 7.05 Å². The molecule has 2 amide bonds. The highest BCUT2D eigenvalue weighted by Crippen LogP contribution is 2.33. The molecule has 0 bridgehead atoms. The Balaban J connectivity index is 1.71. The molecule has 0 atom stereocenters. The molecule has 132 valence electrons. The van der Waals surface area contributed by atoms with E-state index in [-0.39, 0.29) is 11.8 Å². The molecule has 26 heavy (non-hydrogen) atoms. The van der Waals surface area contributed by atoms with E-state index in [2.05, 4.69) is 21.2 Å². The van der Waals surface area contributed by atoms with E-state index in [0.29, 0.717) is 24.3 Å². The zero-order chi connectivity index (χ0) is 18.3. The topological polar surface area (TPSA) is 54.3 Å². The van der Waals surface area contributed by atoms with Crippen LogP contribution < -0.4 is 10.2 Å². The van der Waals surface area contributed by atoms with Crippen LogP contribution in [0.1, 0.15) is 23.3 Å². The van der Waals surface area contributed by atoms with E-state index in [4.69, 9.17) is 0 Å². The van der Waals surface area contributed by atoms with Crippen LogP contribution in [-0.4, -0.2) is 22.9 Å². The maximum absolute atomic E-state index is 13.0. The van der Waals surface area contributed by atoms with Crippen LogP contribution in [0.4, 0.5) is 11.4 Å². The van der Waals surface area contributed by atoms with Crippen LogP contribution in [0.5, 0.6) is 0 Å². The number of nitrogens with zero attached hydrogens (tertiary/aromatic N) is 2. The second-order valence-electron chi connectivity index (χ2n) is 6.36. The third-order valence-corrected chi connectivity index (χ3v) is 5.58. The van der Waals surface area contributed by atoms with Crippen molar-refractivity contribution >= 4 is 50.0 Å². The number of rotatable bonds is 3. The summed E-state index contributed by atoms with van der Waals surface area (Å²) in [6.07, 6.45) is 1.40.